The molecule has 2 heterocycles. The van der Waals surface area contributed by atoms with E-state index in [2.05, 4.69) is 41.7 Å². The van der Waals surface area contributed by atoms with Crippen molar-refractivity contribution in [3.8, 4) is 11.4 Å². The fraction of sp³-hybridized carbons (Fsp3) is 0.257. The number of fused-ring (bicyclic) bond motifs is 1. The molecule has 0 saturated carbocycles. The normalized spacial score (nSPS) is 11.3. The number of aryl methyl sites for hydroxylation is 1. The number of carbonyl (C=O) groups is 2. The maximum Gasteiger partial charge on any atom is 0.324 e. The highest BCUT2D eigenvalue weighted by molar-refractivity contribution is 6.07. The Morgan fingerprint density at radius 1 is 0.889 bits per heavy atom. The highest BCUT2D eigenvalue weighted by atomic mass is 16.5. The van der Waals surface area contributed by atoms with Gasteiger partial charge in [-0.1, -0.05) is 62.7 Å². The van der Waals surface area contributed by atoms with Gasteiger partial charge in [-0.3, -0.25) is 10.1 Å². The minimum atomic E-state index is -0.389. The summed E-state index contributed by atoms with van der Waals surface area (Å²) < 4.78 is 12.9. The van der Waals surface area contributed by atoms with E-state index >= 15 is 0 Å². The Morgan fingerprint density at radius 2 is 1.64 bits per heavy atom. The van der Waals surface area contributed by atoms with Crippen LogP contribution < -0.4 is 20.7 Å². The number of methoxy groups -OCH3 is 1. The molecule has 3 N–H and O–H groups in total. The standard InChI is InChI=1S/C35H38N6O4/c1-23-10-12-25(13-11-23)41-32(21-30(40-41)35(2,3)4)39-34(43)37-28-14-15-29(27-9-7-6-8-26(27)28)45-22-24-16-18-36-31(20-24)38-33(42)17-19-44-5/h6-16,18,20-21H,17,19,22H2,1-5H3,(H,36,38,42)(H2,37,39,43). The number of nitrogens with one attached hydrogen (secondary N) is 3. The largest absolute Gasteiger partial charge is 0.488 e. The van der Waals surface area contributed by atoms with Crippen molar-refractivity contribution >= 4 is 40.0 Å². The van der Waals surface area contributed by atoms with Crippen molar-refractivity contribution < 1.29 is 19.1 Å². The summed E-state index contributed by atoms with van der Waals surface area (Å²) in [4.78, 5) is 29.6. The summed E-state index contributed by atoms with van der Waals surface area (Å²) in [5.41, 5.74) is 4.13. The maximum absolute atomic E-state index is 13.3. The summed E-state index contributed by atoms with van der Waals surface area (Å²) in [6.45, 7) is 8.90. The van der Waals surface area contributed by atoms with E-state index in [-0.39, 0.29) is 30.4 Å². The molecule has 0 unspecified atom stereocenters. The van der Waals surface area contributed by atoms with E-state index in [4.69, 9.17) is 14.6 Å². The quantitative estimate of drug-likeness (QED) is 0.154. The maximum atomic E-state index is 13.3. The van der Waals surface area contributed by atoms with Crippen LogP contribution >= 0.6 is 0 Å². The molecule has 0 atom stereocenters. The molecule has 10 heteroatoms. The Hall–Kier alpha value is -5.22. The number of ether oxygens (including phenoxy) is 2. The smallest absolute Gasteiger partial charge is 0.324 e. The summed E-state index contributed by atoms with van der Waals surface area (Å²) in [7, 11) is 1.55. The summed E-state index contributed by atoms with van der Waals surface area (Å²) in [5.74, 6) is 1.50. The summed E-state index contributed by atoms with van der Waals surface area (Å²) in [6, 6.07) is 24.5. The van der Waals surface area contributed by atoms with Gasteiger partial charge in [-0.15, -0.1) is 0 Å². The molecule has 3 amide bonds. The minimum Gasteiger partial charge on any atom is -0.488 e. The number of rotatable bonds is 10. The second-order valence-corrected chi connectivity index (χ2v) is 11.8. The molecule has 2 aromatic heterocycles. The molecule has 0 fully saturated rings. The van der Waals surface area contributed by atoms with Gasteiger partial charge in [-0.25, -0.2) is 14.5 Å². The molecule has 45 heavy (non-hydrogen) atoms. The van der Waals surface area contributed by atoms with Crippen LogP contribution in [0.5, 0.6) is 5.75 Å². The average molecular weight is 607 g/mol. The van der Waals surface area contributed by atoms with Gasteiger partial charge in [-0.2, -0.15) is 5.10 Å². The first kappa shape index (κ1) is 31.2. The first-order valence-corrected chi connectivity index (χ1v) is 14.7. The lowest BCUT2D eigenvalue weighted by Crippen LogP contribution is -2.21. The fourth-order valence-electron chi connectivity index (χ4n) is 4.69. The van der Waals surface area contributed by atoms with Gasteiger partial charge < -0.3 is 20.1 Å². The van der Waals surface area contributed by atoms with Crippen molar-refractivity contribution in [2.75, 3.05) is 29.7 Å². The first-order chi connectivity index (χ1) is 21.6. The zero-order valence-electron chi connectivity index (χ0n) is 26.2. The molecule has 232 valence electrons. The van der Waals surface area contributed by atoms with E-state index in [1.807, 2.05) is 79.7 Å². The van der Waals surface area contributed by atoms with Crippen molar-refractivity contribution in [3.05, 3.63) is 102 Å². The summed E-state index contributed by atoms with van der Waals surface area (Å²) >= 11 is 0. The van der Waals surface area contributed by atoms with Crippen LogP contribution in [0.2, 0.25) is 0 Å². The number of benzene rings is 3. The molecule has 0 aliphatic rings. The van der Waals surface area contributed by atoms with E-state index in [1.54, 1.807) is 24.1 Å². The Labute approximate surface area is 262 Å². The zero-order valence-corrected chi connectivity index (χ0v) is 26.2. The second-order valence-electron chi connectivity index (χ2n) is 11.8. The lowest BCUT2D eigenvalue weighted by atomic mass is 9.92. The van der Waals surface area contributed by atoms with E-state index in [9.17, 15) is 9.59 Å². The Balaban J connectivity index is 1.32. The third kappa shape index (κ3) is 7.84. The van der Waals surface area contributed by atoms with E-state index in [1.165, 1.54) is 0 Å². The molecular weight excluding hydrogens is 568 g/mol. The van der Waals surface area contributed by atoms with Gasteiger partial charge in [-0.05, 0) is 48.9 Å². The number of amides is 3. The van der Waals surface area contributed by atoms with Crippen molar-refractivity contribution in [1.29, 1.82) is 0 Å². The highest BCUT2D eigenvalue weighted by Gasteiger charge is 2.22. The van der Waals surface area contributed by atoms with Gasteiger partial charge in [0, 0.05) is 35.6 Å². The van der Waals surface area contributed by atoms with Crippen LogP contribution in [-0.4, -0.2) is 40.4 Å². The van der Waals surface area contributed by atoms with E-state index < -0.39 is 0 Å². The van der Waals surface area contributed by atoms with Gasteiger partial charge in [0.25, 0.3) is 0 Å². The summed E-state index contributed by atoms with van der Waals surface area (Å²) in [6.07, 6.45) is 1.88. The summed E-state index contributed by atoms with van der Waals surface area (Å²) in [5, 5.41) is 15.3. The van der Waals surface area contributed by atoms with Crippen LogP contribution in [0.3, 0.4) is 0 Å². The zero-order chi connectivity index (χ0) is 32.0. The molecule has 0 aliphatic heterocycles. The van der Waals surface area contributed by atoms with E-state index in [0.717, 1.165) is 33.3 Å². The number of hydrogen-bond acceptors (Lipinski definition) is 6. The number of nitrogens with zero attached hydrogens (tertiary/aromatic N) is 3. The van der Waals surface area contributed by atoms with Gasteiger partial charge in [0.1, 0.15) is 24.0 Å². The molecule has 0 spiro atoms. The predicted molar refractivity (Wildman–Crippen MR) is 177 cm³/mol. The molecule has 0 saturated heterocycles. The van der Waals surface area contributed by atoms with Crippen molar-refractivity contribution in [1.82, 2.24) is 14.8 Å². The molecule has 0 bridgehead atoms. The van der Waals surface area contributed by atoms with Crippen LogP contribution in [0.25, 0.3) is 16.5 Å². The van der Waals surface area contributed by atoms with Crippen molar-refractivity contribution in [2.45, 2.75) is 46.1 Å². The Bertz CT molecular complexity index is 1810. The number of anilines is 3. The Morgan fingerprint density at radius 3 is 2.38 bits per heavy atom. The fourth-order valence-corrected chi connectivity index (χ4v) is 4.69. The van der Waals surface area contributed by atoms with Crippen LogP contribution in [0.15, 0.2) is 85.1 Å². The van der Waals surface area contributed by atoms with Crippen LogP contribution in [-0.2, 0) is 21.6 Å². The topological polar surface area (TPSA) is 119 Å². The van der Waals surface area contributed by atoms with Gasteiger partial charge in [0.2, 0.25) is 5.91 Å². The minimum absolute atomic E-state index is 0.171. The molecule has 3 aromatic carbocycles. The highest BCUT2D eigenvalue weighted by Crippen LogP contribution is 2.33. The number of urea groups is 1. The molecule has 10 nitrogen and oxygen atoms in total. The molecule has 0 radical (unpaired) electrons. The lowest BCUT2D eigenvalue weighted by molar-refractivity contribution is -0.117. The third-order valence-electron chi connectivity index (χ3n) is 7.15. The van der Waals surface area contributed by atoms with Crippen LogP contribution in [0.1, 0.15) is 44.0 Å². The van der Waals surface area contributed by atoms with Crippen LogP contribution in [0.4, 0.5) is 22.1 Å². The second kappa shape index (κ2) is 13.6. The Kier molecular flexibility index (Phi) is 9.44. The molecule has 0 aliphatic carbocycles. The van der Waals surface area contributed by atoms with Crippen molar-refractivity contribution in [3.63, 3.8) is 0 Å². The molecule has 5 rings (SSSR count). The number of hydrogen-bond donors (Lipinski definition) is 3. The van der Waals surface area contributed by atoms with Gasteiger partial charge in [0.05, 0.1) is 30.1 Å². The van der Waals surface area contributed by atoms with Crippen molar-refractivity contribution in [2.24, 2.45) is 0 Å². The molecule has 5 aromatic rings. The van der Waals surface area contributed by atoms with E-state index in [0.29, 0.717) is 29.7 Å². The predicted octanol–water partition coefficient (Wildman–Crippen LogP) is 7.22. The number of carbonyl (C=O) groups excluding carboxylic acids is 2. The van der Waals surface area contributed by atoms with Gasteiger partial charge in [0.15, 0.2) is 0 Å². The average Bonchev–Trinajstić information content (AvgIpc) is 3.44. The first-order valence-electron chi connectivity index (χ1n) is 14.7. The SMILES string of the molecule is COCCC(=O)Nc1cc(COc2ccc(NC(=O)Nc3cc(C(C)(C)C)nn3-c3ccc(C)cc3)c3ccccc23)ccn1. The van der Waals surface area contributed by atoms with Gasteiger partial charge >= 0.3 is 6.03 Å². The third-order valence-corrected chi connectivity index (χ3v) is 7.15. The van der Waals surface area contributed by atoms with Crippen LogP contribution in [0, 0.1) is 6.92 Å². The molecular formula is C35H38N6O4. The number of aromatic nitrogens is 3. The lowest BCUT2D eigenvalue weighted by Gasteiger charge is -2.15. The number of pyridine rings is 1. The monoisotopic (exact) mass is 606 g/mol.